The van der Waals surface area contributed by atoms with Crippen molar-refractivity contribution in [3.63, 3.8) is 0 Å². The first kappa shape index (κ1) is 20.9. The number of aromatic amines is 1. The van der Waals surface area contributed by atoms with Gasteiger partial charge in [-0.05, 0) is 37.6 Å². The lowest BCUT2D eigenvalue weighted by atomic mass is 10.1. The molecule has 7 nitrogen and oxygen atoms in total. The van der Waals surface area contributed by atoms with Crippen LogP contribution in [0.4, 0.5) is 4.39 Å². The zero-order chi connectivity index (χ0) is 21.1. The quantitative estimate of drug-likeness (QED) is 0.777. The third-order valence-electron chi connectivity index (χ3n) is 5.34. The van der Waals surface area contributed by atoms with Crippen molar-refractivity contribution in [1.29, 1.82) is 0 Å². The second-order valence-electron chi connectivity index (χ2n) is 7.14. The van der Waals surface area contributed by atoms with E-state index in [2.05, 4.69) is 9.88 Å². The van der Waals surface area contributed by atoms with Gasteiger partial charge in [-0.25, -0.2) is 9.18 Å². The Morgan fingerprint density at radius 1 is 1.14 bits per heavy atom. The van der Waals surface area contributed by atoms with Crippen LogP contribution in [-0.2, 0) is 11.3 Å². The van der Waals surface area contributed by atoms with Crippen molar-refractivity contribution in [3.05, 3.63) is 52.1 Å². The van der Waals surface area contributed by atoms with Crippen molar-refractivity contribution < 1.29 is 23.5 Å². The highest BCUT2D eigenvalue weighted by Crippen LogP contribution is 2.23. The van der Waals surface area contributed by atoms with Crippen molar-refractivity contribution in [2.45, 2.75) is 20.4 Å². The molecule has 1 amide bonds. The molecule has 0 atom stereocenters. The number of hydrogen-bond donors (Lipinski definition) is 1. The second kappa shape index (κ2) is 8.65. The van der Waals surface area contributed by atoms with Gasteiger partial charge in [-0.3, -0.25) is 9.69 Å². The maximum absolute atomic E-state index is 13.6. The molecule has 1 aliphatic heterocycles. The Bertz CT molecular complexity index is 917. The number of halogens is 1. The summed E-state index contributed by atoms with van der Waals surface area (Å²) in [6, 6.07) is 4.48. The van der Waals surface area contributed by atoms with Gasteiger partial charge in [0, 0.05) is 44.0 Å². The van der Waals surface area contributed by atoms with Crippen LogP contribution in [0, 0.1) is 19.7 Å². The van der Waals surface area contributed by atoms with E-state index in [0.717, 1.165) is 5.56 Å². The van der Waals surface area contributed by atoms with E-state index in [9.17, 15) is 14.0 Å². The van der Waals surface area contributed by atoms with E-state index in [0.29, 0.717) is 61.0 Å². The Hall–Kier alpha value is -2.87. The van der Waals surface area contributed by atoms with Crippen LogP contribution in [0.3, 0.4) is 0 Å². The summed E-state index contributed by atoms with van der Waals surface area (Å²) in [5.74, 6) is -0.237. The first-order valence-electron chi connectivity index (χ1n) is 9.47. The molecule has 1 aromatic carbocycles. The number of benzene rings is 1. The molecule has 0 aliphatic carbocycles. The van der Waals surface area contributed by atoms with Crippen LogP contribution in [0.15, 0.2) is 18.2 Å². The molecule has 0 unspecified atom stereocenters. The average Bonchev–Trinajstić information content (AvgIpc) is 3.01. The van der Waals surface area contributed by atoms with Crippen LogP contribution < -0.4 is 4.74 Å². The number of nitrogens with zero attached hydrogens (tertiary/aromatic N) is 2. The largest absolute Gasteiger partial charge is 0.496 e. The number of hydrogen-bond acceptors (Lipinski definition) is 5. The van der Waals surface area contributed by atoms with Crippen LogP contribution in [-0.4, -0.2) is 67.1 Å². The number of methoxy groups -OCH3 is 2. The van der Waals surface area contributed by atoms with Crippen molar-refractivity contribution >= 4 is 11.9 Å². The number of nitrogens with one attached hydrogen (secondary N) is 1. The molecule has 2 aromatic rings. The predicted molar refractivity (Wildman–Crippen MR) is 106 cm³/mol. The molecule has 2 heterocycles. The second-order valence-corrected chi connectivity index (χ2v) is 7.14. The number of piperazine rings is 1. The van der Waals surface area contributed by atoms with Gasteiger partial charge in [-0.1, -0.05) is 0 Å². The van der Waals surface area contributed by atoms with Gasteiger partial charge in [-0.2, -0.15) is 0 Å². The summed E-state index contributed by atoms with van der Waals surface area (Å²) in [6.45, 7) is 6.46. The third kappa shape index (κ3) is 4.27. The maximum atomic E-state index is 13.6. The number of rotatable bonds is 5. The van der Waals surface area contributed by atoms with E-state index in [4.69, 9.17) is 9.47 Å². The Kier molecular flexibility index (Phi) is 6.22. The van der Waals surface area contributed by atoms with Crippen LogP contribution in [0.25, 0.3) is 0 Å². The summed E-state index contributed by atoms with van der Waals surface area (Å²) < 4.78 is 23.7. The molecule has 1 saturated heterocycles. The van der Waals surface area contributed by atoms with Crippen LogP contribution in [0.1, 0.15) is 37.7 Å². The highest BCUT2D eigenvalue weighted by Gasteiger charge is 2.28. The summed E-state index contributed by atoms with van der Waals surface area (Å²) in [5, 5.41) is 0. The minimum absolute atomic E-state index is 0.135. The first-order chi connectivity index (χ1) is 13.8. The van der Waals surface area contributed by atoms with Crippen LogP contribution >= 0.6 is 0 Å². The molecule has 3 rings (SSSR count). The van der Waals surface area contributed by atoms with Gasteiger partial charge >= 0.3 is 5.97 Å². The molecule has 8 heteroatoms. The zero-order valence-electron chi connectivity index (χ0n) is 17.2. The van der Waals surface area contributed by atoms with E-state index in [1.807, 2.05) is 0 Å². The van der Waals surface area contributed by atoms with E-state index < -0.39 is 5.97 Å². The first-order valence-corrected chi connectivity index (χ1v) is 9.47. The lowest BCUT2D eigenvalue weighted by Crippen LogP contribution is -2.48. The Labute approximate surface area is 169 Å². The highest BCUT2D eigenvalue weighted by atomic mass is 19.1. The number of H-pyrrole nitrogens is 1. The highest BCUT2D eigenvalue weighted by molar-refractivity contribution is 6.00. The Morgan fingerprint density at radius 3 is 2.45 bits per heavy atom. The minimum atomic E-state index is -0.454. The van der Waals surface area contributed by atoms with Gasteiger partial charge in [0.25, 0.3) is 5.91 Å². The molecule has 1 fully saturated rings. The van der Waals surface area contributed by atoms with E-state index >= 15 is 0 Å². The minimum Gasteiger partial charge on any atom is -0.496 e. The van der Waals surface area contributed by atoms with E-state index in [1.54, 1.807) is 31.9 Å². The molecule has 0 saturated carbocycles. The molecule has 0 spiro atoms. The fraction of sp³-hybridized carbons (Fsp3) is 0.429. The van der Waals surface area contributed by atoms with Gasteiger partial charge < -0.3 is 19.4 Å². The molecule has 0 bridgehead atoms. The number of ether oxygens (including phenoxy) is 2. The van der Waals surface area contributed by atoms with Gasteiger partial charge in [0.15, 0.2) is 0 Å². The summed E-state index contributed by atoms with van der Waals surface area (Å²) in [5.41, 5.74) is 2.84. The monoisotopic (exact) mass is 403 g/mol. The van der Waals surface area contributed by atoms with Crippen molar-refractivity contribution in [2.24, 2.45) is 0 Å². The lowest BCUT2D eigenvalue weighted by molar-refractivity contribution is 0.0599. The molecule has 0 radical (unpaired) electrons. The van der Waals surface area contributed by atoms with E-state index in [-0.39, 0.29) is 11.7 Å². The lowest BCUT2D eigenvalue weighted by Gasteiger charge is -2.34. The number of carbonyl (C=O) groups excluding carboxylic acids is 2. The number of esters is 1. The van der Waals surface area contributed by atoms with Crippen molar-refractivity contribution in [3.8, 4) is 5.75 Å². The summed E-state index contributed by atoms with van der Waals surface area (Å²) in [4.78, 5) is 31.9. The molecular formula is C21H26FN3O4. The van der Waals surface area contributed by atoms with Gasteiger partial charge in [0.2, 0.25) is 0 Å². The van der Waals surface area contributed by atoms with Crippen LogP contribution in [0.5, 0.6) is 5.75 Å². The standard InChI is InChI=1S/C21H26FN3O4/c1-13-18(21(27)29-4)14(2)23-19(13)20(26)25-9-7-24(8-10-25)12-15-11-16(22)5-6-17(15)28-3/h5-6,11,23H,7-10,12H2,1-4H3. The third-order valence-corrected chi connectivity index (χ3v) is 5.34. The predicted octanol–water partition coefficient (Wildman–Crippen LogP) is 2.52. The van der Waals surface area contributed by atoms with Gasteiger partial charge in [0.05, 0.1) is 19.8 Å². The SMILES string of the molecule is COC(=O)c1c(C)[nH]c(C(=O)N2CCN(Cc3cc(F)ccc3OC)CC2)c1C. The molecule has 29 heavy (non-hydrogen) atoms. The molecule has 1 N–H and O–H groups in total. The number of amides is 1. The molecule has 1 aromatic heterocycles. The fourth-order valence-electron chi connectivity index (χ4n) is 3.75. The number of carbonyl (C=O) groups is 2. The fourth-order valence-corrected chi connectivity index (χ4v) is 3.75. The van der Waals surface area contributed by atoms with Gasteiger partial charge in [-0.15, -0.1) is 0 Å². The smallest absolute Gasteiger partial charge is 0.339 e. The topological polar surface area (TPSA) is 74.9 Å². The van der Waals surface area contributed by atoms with Crippen molar-refractivity contribution in [2.75, 3.05) is 40.4 Å². The normalized spacial score (nSPS) is 14.7. The van der Waals surface area contributed by atoms with Crippen LogP contribution in [0.2, 0.25) is 0 Å². The maximum Gasteiger partial charge on any atom is 0.339 e. The molecule has 156 valence electrons. The van der Waals surface area contributed by atoms with E-state index in [1.165, 1.54) is 19.2 Å². The van der Waals surface area contributed by atoms with Gasteiger partial charge in [0.1, 0.15) is 17.3 Å². The summed E-state index contributed by atoms with van der Waals surface area (Å²) in [6.07, 6.45) is 0. The number of aromatic nitrogens is 1. The van der Waals surface area contributed by atoms with Crippen molar-refractivity contribution in [1.82, 2.24) is 14.8 Å². The molecule has 1 aliphatic rings. The average molecular weight is 403 g/mol. The Balaban J connectivity index is 1.66. The number of aryl methyl sites for hydroxylation is 1. The summed E-state index contributed by atoms with van der Waals surface area (Å²) in [7, 11) is 2.89. The Morgan fingerprint density at radius 2 is 1.83 bits per heavy atom. The zero-order valence-corrected chi connectivity index (χ0v) is 17.2. The summed E-state index contributed by atoms with van der Waals surface area (Å²) >= 11 is 0. The molecular weight excluding hydrogens is 377 g/mol.